The molecule has 0 radical (unpaired) electrons. The van der Waals surface area contributed by atoms with E-state index in [0.29, 0.717) is 49.2 Å². The Morgan fingerprint density at radius 1 is 1.20 bits per heavy atom. The van der Waals surface area contributed by atoms with Crippen LogP contribution in [-0.4, -0.2) is 50.5 Å². The van der Waals surface area contributed by atoms with Gasteiger partial charge >= 0.3 is 0 Å². The summed E-state index contributed by atoms with van der Waals surface area (Å²) in [6, 6.07) is 5.37. The van der Waals surface area contributed by atoms with Gasteiger partial charge in [0.2, 0.25) is 17.6 Å². The summed E-state index contributed by atoms with van der Waals surface area (Å²) < 4.78 is 20.6. The first-order chi connectivity index (χ1) is 12.2. The van der Waals surface area contributed by atoms with Gasteiger partial charge in [-0.05, 0) is 24.6 Å². The number of amides is 1. The van der Waals surface area contributed by atoms with Crippen LogP contribution in [0.2, 0.25) is 0 Å². The van der Waals surface area contributed by atoms with E-state index in [4.69, 9.17) is 18.7 Å². The topological polar surface area (TPSA) is 95.7 Å². The van der Waals surface area contributed by atoms with Crippen LogP contribution in [-0.2, 0) is 16.0 Å². The summed E-state index contributed by atoms with van der Waals surface area (Å²) in [5.74, 6) is 2.01. The van der Waals surface area contributed by atoms with Crippen molar-refractivity contribution in [3.05, 3.63) is 24.1 Å². The van der Waals surface area contributed by atoms with Crippen molar-refractivity contribution in [2.45, 2.75) is 19.3 Å². The molecule has 1 N–H and O–H groups in total. The summed E-state index contributed by atoms with van der Waals surface area (Å²) in [4.78, 5) is 16.1. The Morgan fingerprint density at radius 3 is 2.72 bits per heavy atom. The molecular weight excluding hydrogens is 326 g/mol. The van der Waals surface area contributed by atoms with Crippen LogP contribution >= 0.6 is 0 Å². The molecule has 0 aliphatic rings. The van der Waals surface area contributed by atoms with Gasteiger partial charge in [0.05, 0.1) is 14.2 Å². The minimum absolute atomic E-state index is 0.0537. The Bertz CT molecular complexity index is 687. The molecule has 0 unspecified atom stereocenters. The van der Waals surface area contributed by atoms with E-state index in [2.05, 4.69) is 15.5 Å². The van der Waals surface area contributed by atoms with Gasteiger partial charge < -0.3 is 24.1 Å². The fraction of sp³-hybridized carbons (Fsp3) is 0.471. The molecule has 0 aliphatic carbocycles. The first kappa shape index (κ1) is 18.7. The highest BCUT2D eigenvalue weighted by Gasteiger charge is 2.13. The maximum absolute atomic E-state index is 11.7. The molecule has 8 nitrogen and oxygen atoms in total. The molecule has 2 aromatic rings. The van der Waals surface area contributed by atoms with Gasteiger partial charge in [0.15, 0.2) is 11.5 Å². The van der Waals surface area contributed by atoms with Crippen LogP contribution < -0.4 is 14.8 Å². The standard InChI is InChI=1S/C17H23N3O5/c1-22-10-4-9-18-15(21)7-8-16-19-17(20-25-16)12-5-6-13(23-2)14(11-12)24-3/h5-6,11H,4,7-10H2,1-3H3,(H,18,21). The average Bonchev–Trinajstić information content (AvgIpc) is 3.12. The van der Waals surface area contributed by atoms with E-state index in [0.717, 1.165) is 12.0 Å². The van der Waals surface area contributed by atoms with Crippen molar-refractivity contribution in [3.8, 4) is 22.9 Å². The Kier molecular flexibility index (Phi) is 7.21. The van der Waals surface area contributed by atoms with E-state index in [1.54, 1.807) is 33.5 Å². The van der Waals surface area contributed by atoms with Crippen LogP contribution in [0.5, 0.6) is 11.5 Å². The number of hydrogen-bond donors (Lipinski definition) is 1. The molecule has 0 spiro atoms. The SMILES string of the molecule is COCCCNC(=O)CCc1nc(-c2ccc(OC)c(OC)c2)no1. The van der Waals surface area contributed by atoms with E-state index in [1.807, 2.05) is 6.07 Å². The Labute approximate surface area is 146 Å². The lowest BCUT2D eigenvalue weighted by atomic mass is 10.2. The van der Waals surface area contributed by atoms with Gasteiger partial charge in [0.1, 0.15) is 0 Å². The minimum atomic E-state index is -0.0537. The lowest BCUT2D eigenvalue weighted by Gasteiger charge is -2.07. The highest BCUT2D eigenvalue weighted by molar-refractivity contribution is 5.76. The van der Waals surface area contributed by atoms with E-state index >= 15 is 0 Å². The van der Waals surface area contributed by atoms with Gasteiger partial charge in [-0.2, -0.15) is 4.98 Å². The number of methoxy groups -OCH3 is 3. The molecule has 2 rings (SSSR count). The quantitative estimate of drug-likeness (QED) is 0.654. The summed E-state index contributed by atoms with van der Waals surface area (Å²) in [5, 5.41) is 6.77. The second-order valence-electron chi connectivity index (χ2n) is 5.28. The second kappa shape index (κ2) is 9.63. The monoisotopic (exact) mass is 349 g/mol. The summed E-state index contributed by atoms with van der Waals surface area (Å²) >= 11 is 0. The predicted octanol–water partition coefficient (Wildman–Crippen LogP) is 1.84. The van der Waals surface area contributed by atoms with Gasteiger partial charge in [-0.15, -0.1) is 0 Å². The van der Waals surface area contributed by atoms with E-state index in [9.17, 15) is 4.79 Å². The molecule has 1 amide bonds. The average molecular weight is 349 g/mol. The van der Waals surface area contributed by atoms with Crippen LogP contribution in [0, 0.1) is 0 Å². The Balaban J connectivity index is 1.90. The molecule has 8 heteroatoms. The number of rotatable bonds is 10. The molecule has 0 saturated carbocycles. The number of aryl methyl sites for hydroxylation is 1. The molecular formula is C17H23N3O5. The minimum Gasteiger partial charge on any atom is -0.493 e. The molecule has 1 aromatic heterocycles. The van der Waals surface area contributed by atoms with Gasteiger partial charge in [0, 0.05) is 38.7 Å². The smallest absolute Gasteiger partial charge is 0.227 e. The van der Waals surface area contributed by atoms with Crippen LogP contribution in [0.15, 0.2) is 22.7 Å². The maximum atomic E-state index is 11.7. The number of benzene rings is 1. The summed E-state index contributed by atoms with van der Waals surface area (Å²) in [5.41, 5.74) is 0.747. The number of carbonyl (C=O) groups is 1. The zero-order chi connectivity index (χ0) is 18.1. The van der Waals surface area contributed by atoms with Gasteiger partial charge in [0.25, 0.3) is 0 Å². The van der Waals surface area contributed by atoms with Gasteiger partial charge in [-0.25, -0.2) is 0 Å². The third-order valence-electron chi connectivity index (χ3n) is 3.52. The molecule has 0 atom stereocenters. The van der Waals surface area contributed by atoms with Crippen LogP contribution in [0.4, 0.5) is 0 Å². The second-order valence-corrected chi connectivity index (χ2v) is 5.28. The predicted molar refractivity (Wildman–Crippen MR) is 90.7 cm³/mol. The van der Waals surface area contributed by atoms with Crippen LogP contribution in [0.1, 0.15) is 18.7 Å². The third kappa shape index (κ3) is 5.46. The van der Waals surface area contributed by atoms with Gasteiger partial charge in [-0.3, -0.25) is 4.79 Å². The number of aromatic nitrogens is 2. The molecule has 0 fully saturated rings. The maximum Gasteiger partial charge on any atom is 0.227 e. The molecule has 1 aromatic carbocycles. The number of nitrogens with one attached hydrogen (secondary N) is 1. The normalized spacial score (nSPS) is 10.5. The summed E-state index contributed by atoms with van der Waals surface area (Å²) in [7, 11) is 4.77. The third-order valence-corrected chi connectivity index (χ3v) is 3.52. The molecule has 0 aliphatic heterocycles. The number of nitrogens with zero attached hydrogens (tertiary/aromatic N) is 2. The van der Waals surface area contributed by atoms with Crippen molar-refractivity contribution in [3.63, 3.8) is 0 Å². The fourth-order valence-electron chi connectivity index (χ4n) is 2.20. The van der Waals surface area contributed by atoms with E-state index in [1.165, 1.54) is 0 Å². The van der Waals surface area contributed by atoms with Crippen LogP contribution in [0.25, 0.3) is 11.4 Å². The Morgan fingerprint density at radius 2 is 2.00 bits per heavy atom. The highest BCUT2D eigenvalue weighted by Crippen LogP contribution is 2.31. The van der Waals surface area contributed by atoms with Gasteiger partial charge in [-0.1, -0.05) is 5.16 Å². The molecule has 0 bridgehead atoms. The summed E-state index contributed by atoms with van der Waals surface area (Å²) in [6.07, 6.45) is 1.46. The number of carbonyl (C=O) groups excluding carboxylic acids is 1. The van der Waals surface area contributed by atoms with Crippen LogP contribution in [0.3, 0.4) is 0 Å². The molecule has 136 valence electrons. The molecule has 1 heterocycles. The lowest BCUT2D eigenvalue weighted by molar-refractivity contribution is -0.121. The first-order valence-electron chi connectivity index (χ1n) is 7.98. The van der Waals surface area contributed by atoms with Crippen molar-refractivity contribution >= 4 is 5.91 Å². The van der Waals surface area contributed by atoms with Crippen molar-refractivity contribution in [1.29, 1.82) is 0 Å². The van der Waals surface area contributed by atoms with Crippen molar-refractivity contribution in [1.82, 2.24) is 15.5 Å². The largest absolute Gasteiger partial charge is 0.493 e. The number of hydrogen-bond acceptors (Lipinski definition) is 7. The van der Waals surface area contributed by atoms with Crippen molar-refractivity contribution in [2.75, 3.05) is 34.5 Å². The van der Waals surface area contributed by atoms with Crippen molar-refractivity contribution < 1.29 is 23.5 Å². The first-order valence-corrected chi connectivity index (χ1v) is 7.98. The fourth-order valence-corrected chi connectivity index (χ4v) is 2.20. The van der Waals surface area contributed by atoms with E-state index < -0.39 is 0 Å². The number of ether oxygens (including phenoxy) is 3. The highest BCUT2D eigenvalue weighted by atomic mass is 16.5. The summed E-state index contributed by atoms with van der Waals surface area (Å²) in [6.45, 7) is 1.21. The zero-order valence-electron chi connectivity index (χ0n) is 14.7. The molecule has 0 saturated heterocycles. The van der Waals surface area contributed by atoms with Crippen molar-refractivity contribution in [2.24, 2.45) is 0 Å². The van der Waals surface area contributed by atoms with E-state index in [-0.39, 0.29) is 5.91 Å². The molecule has 25 heavy (non-hydrogen) atoms. The Hall–Kier alpha value is -2.61. The zero-order valence-corrected chi connectivity index (χ0v) is 14.7. The lowest BCUT2D eigenvalue weighted by Crippen LogP contribution is -2.25.